The lowest BCUT2D eigenvalue weighted by atomic mass is 10.1. The molecule has 0 saturated heterocycles. The highest BCUT2D eigenvalue weighted by atomic mass is 16.6. The Balaban J connectivity index is 2.47. The summed E-state index contributed by atoms with van der Waals surface area (Å²) in [7, 11) is 0. The van der Waals surface area contributed by atoms with Crippen LogP contribution in [0, 0.1) is 5.92 Å². The molecule has 4 nitrogen and oxygen atoms in total. The van der Waals surface area contributed by atoms with Gasteiger partial charge in [-0.15, -0.1) is 0 Å². The Labute approximate surface area is 96.7 Å². The monoisotopic (exact) mass is 227 g/mol. The summed E-state index contributed by atoms with van der Waals surface area (Å²) >= 11 is 0. The fourth-order valence-electron chi connectivity index (χ4n) is 1.99. The van der Waals surface area contributed by atoms with E-state index in [-0.39, 0.29) is 17.6 Å². The second-order valence-corrected chi connectivity index (χ2v) is 5.44. The first kappa shape index (κ1) is 13.0. The number of rotatable bonds is 4. The molecular weight excluding hydrogens is 206 g/mol. The van der Waals surface area contributed by atoms with E-state index in [1.54, 1.807) is 0 Å². The van der Waals surface area contributed by atoms with Crippen LogP contribution >= 0.6 is 0 Å². The van der Waals surface area contributed by atoms with Crippen molar-refractivity contribution in [1.29, 1.82) is 0 Å². The summed E-state index contributed by atoms with van der Waals surface area (Å²) in [5.74, 6) is 0.280. The molecule has 0 bridgehead atoms. The highest BCUT2D eigenvalue weighted by Gasteiger charge is 2.53. The van der Waals surface area contributed by atoms with Crippen molar-refractivity contribution < 1.29 is 14.3 Å². The highest BCUT2D eigenvalue weighted by Crippen LogP contribution is 2.47. The molecule has 4 heteroatoms. The van der Waals surface area contributed by atoms with Crippen LogP contribution in [0.1, 0.15) is 47.0 Å². The van der Waals surface area contributed by atoms with E-state index in [2.05, 4.69) is 5.32 Å². The van der Waals surface area contributed by atoms with E-state index >= 15 is 0 Å². The summed E-state index contributed by atoms with van der Waals surface area (Å²) < 4.78 is 5.20. The van der Waals surface area contributed by atoms with Crippen LogP contribution in [0.15, 0.2) is 0 Å². The van der Waals surface area contributed by atoms with E-state index in [0.717, 1.165) is 19.1 Å². The lowest BCUT2D eigenvalue weighted by Crippen LogP contribution is -2.41. The van der Waals surface area contributed by atoms with Crippen molar-refractivity contribution in [1.82, 2.24) is 5.32 Å². The predicted octanol–water partition coefficient (Wildman–Crippen LogP) is 2.27. The largest absolute Gasteiger partial charge is 0.444 e. The summed E-state index contributed by atoms with van der Waals surface area (Å²) in [6.45, 7) is 7.52. The molecule has 0 spiro atoms. The second-order valence-electron chi connectivity index (χ2n) is 5.44. The summed E-state index contributed by atoms with van der Waals surface area (Å²) in [5, 5.41) is 2.89. The molecule has 1 aliphatic rings. The molecule has 1 aliphatic carbocycles. The zero-order valence-electron chi connectivity index (χ0n) is 10.5. The Morgan fingerprint density at radius 3 is 2.62 bits per heavy atom. The Morgan fingerprint density at radius 1 is 1.56 bits per heavy atom. The second kappa shape index (κ2) is 4.44. The number of carbonyl (C=O) groups excluding carboxylic acids is 2. The van der Waals surface area contributed by atoms with Gasteiger partial charge >= 0.3 is 6.09 Å². The molecule has 1 N–H and O–H groups in total. The molecule has 0 unspecified atom stereocenters. The average Bonchev–Trinajstić information content (AvgIpc) is 2.76. The predicted molar refractivity (Wildman–Crippen MR) is 61.2 cm³/mol. The van der Waals surface area contributed by atoms with Crippen LogP contribution in [-0.4, -0.2) is 23.5 Å². The van der Waals surface area contributed by atoms with Crippen molar-refractivity contribution in [2.75, 3.05) is 0 Å². The minimum atomic E-state index is -0.478. The SMILES string of the molecule is CC[C@@]1(NC(=O)OC(C)(C)C)C[C@H]1CC=O. The maximum absolute atomic E-state index is 11.6. The van der Waals surface area contributed by atoms with Crippen molar-refractivity contribution in [3.05, 3.63) is 0 Å². The first-order valence-corrected chi connectivity index (χ1v) is 5.78. The highest BCUT2D eigenvalue weighted by molar-refractivity contribution is 5.70. The number of aldehydes is 1. The molecule has 16 heavy (non-hydrogen) atoms. The summed E-state index contributed by atoms with van der Waals surface area (Å²) in [6, 6.07) is 0. The van der Waals surface area contributed by atoms with Crippen LogP contribution in [0.25, 0.3) is 0 Å². The third-order valence-corrected chi connectivity index (χ3v) is 2.99. The summed E-state index contributed by atoms with van der Waals surface area (Å²) in [4.78, 5) is 22.0. The van der Waals surface area contributed by atoms with Crippen molar-refractivity contribution in [3.63, 3.8) is 0 Å². The van der Waals surface area contributed by atoms with Crippen molar-refractivity contribution in [2.45, 2.75) is 58.1 Å². The Morgan fingerprint density at radius 2 is 2.19 bits per heavy atom. The van der Waals surface area contributed by atoms with Gasteiger partial charge in [0.2, 0.25) is 0 Å². The standard InChI is InChI=1S/C12H21NO3/c1-5-12(8-9(12)6-7-14)13-10(15)16-11(2,3)4/h7,9H,5-6,8H2,1-4H3,(H,13,15)/t9-,12-/m1/s1. The average molecular weight is 227 g/mol. The third kappa shape index (κ3) is 3.22. The number of amides is 1. The first-order valence-electron chi connectivity index (χ1n) is 5.78. The third-order valence-electron chi connectivity index (χ3n) is 2.99. The van der Waals surface area contributed by atoms with Crippen molar-refractivity contribution >= 4 is 12.4 Å². The van der Waals surface area contributed by atoms with E-state index < -0.39 is 5.60 Å². The van der Waals surface area contributed by atoms with Crippen LogP contribution in [0.5, 0.6) is 0 Å². The van der Waals surface area contributed by atoms with E-state index in [1.807, 2.05) is 27.7 Å². The zero-order valence-corrected chi connectivity index (χ0v) is 10.5. The Bertz CT molecular complexity index is 282. The first-order chi connectivity index (χ1) is 7.33. The van der Waals surface area contributed by atoms with E-state index in [9.17, 15) is 9.59 Å². The molecule has 0 aromatic carbocycles. The Kier molecular flexibility index (Phi) is 3.61. The van der Waals surface area contributed by atoms with Gasteiger partial charge in [-0.25, -0.2) is 4.79 Å². The van der Waals surface area contributed by atoms with E-state index in [0.29, 0.717) is 6.42 Å². The van der Waals surface area contributed by atoms with Crippen LogP contribution < -0.4 is 5.32 Å². The van der Waals surface area contributed by atoms with Gasteiger partial charge in [-0.1, -0.05) is 6.92 Å². The van der Waals surface area contributed by atoms with Gasteiger partial charge in [-0.3, -0.25) is 0 Å². The molecule has 1 fully saturated rings. The molecule has 0 aromatic rings. The molecule has 1 saturated carbocycles. The van der Waals surface area contributed by atoms with Gasteiger partial charge in [0.05, 0.1) is 0 Å². The van der Waals surface area contributed by atoms with Gasteiger partial charge in [0.25, 0.3) is 0 Å². The van der Waals surface area contributed by atoms with E-state index in [4.69, 9.17) is 4.74 Å². The molecule has 0 radical (unpaired) electrons. The van der Waals surface area contributed by atoms with Gasteiger partial charge in [0.1, 0.15) is 11.9 Å². The molecule has 0 aliphatic heterocycles. The number of hydrogen-bond donors (Lipinski definition) is 1. The minimum Gasteiger partial charge on any atom is -0.444 e. The number of alkyl carbamates (subject to hydrolysis) is 1. The molecular formula is C12H21NO3. The quantitative estimate of drug-likeness (QED) is 0.749. The maximum Gasteiger partial charge on any atom is 0.408 e. The summed E-state index contributed by atoms with van der Waals surface area (Å²) in [6.07, 6.45) is 2.76. The minimum absolute atomic E-state index is 0.205. The molecule has 0 heterocycles. The molecule has 1 rings (SSSR count). The zero-order chi connectivity index (χ0) is 12.4. The maximum atomic E-state index is 11.6. The van der Waals surface area contributed by atoms with Crippen LogP contribution in [0.4, 0.5) is 4.79 Å². The number of carbonyl (C=O) groups is 2. The van der Waals surface area contributed by atoms with E-state index in [1.165, 1.54) is 0 Å². The lowest BCUT2D eigenvalue weighted by Gasteiger charge is -2.23. The van der Waals surface area contributed by atoms with Crippen molar-refractivity contribution in [2.24, 2.45) is 5.92 Å². The topological polar surface area (TPSA) is 55.4 Å². The van der Waals surface area contributed by atoms with Gasteiger partial charge in [-0.2, -0.15) is 0 Å². The number of nitrogens with one attached hydrogen (secondary N) is 1. The molecule has 92 valence electrons. The molecule has 0 aromatic heterocycles. The van der Waals surface area contributed by atoms with Crippen LogP contribution in [-0.2, 0) is 9.53 Å². The Hall–Kier alpha value is -1.06. The summed E-state index contributed by atoms with van der Waals surface area (Å²) in [5.41, 5.74) is -0.683. The van der Waals surface area contributed by atoms with Crippen LogP contribution in [0.2, 0.25) is 0 Å². The smallest absolute Gasteiger partial charge is 0.408 e. The van der Waals surface area contributed by atoms with Gasteiger partial charge in [-0.05, 0) is 39.5 Å². The van der Waals surface area contributed by atoms with Gasteiger partial charge < -0.3 is 14.8 Å². The normalized spacial score (nSPS) is 28.4. The van der Waals surface area contributed by atoms with Crippen LogP contribution in [0.3, 0.4) is 0 Å². The van der Waals surface area contributed by atoms with Crippen molar-refractivity contribution in [3.8, 4) is 0 Å². The fourth-order valence-corrected chi connectivity index (χ4v) is 1.99. The number of ether oxygens (including phenoxy) is 1. The molecule has 2 atom stereocenters. The van der Waals surface area contributed by atoms with Gasteiger partial charge in [0.15, 0.2) is 0 Å². The lowest BCUT2D eigenvalue weighted by molar-refractivity contribution is -0.108. The fraction of sp³-hybridized carbons (Fsp3) is 0.833. The van der Waals surface area contributed by atoms with Gasteiger partial charge in [0, 0.05) is 12.0 Å². The number of hydrogen-bond acceptors (Lipinski definition) is 3. The molecule has 1 amide bonds.